The Balaban J connectivity index is 1.61. The number of nitrogens with two attached hydrogens (primary N) is 1. The van der Waals surface area contributed by atoms with E-state index in [1.165, 1.54) is 0 Å². The molecule has 0 radical (unpaired) electrons. The van der Waals surface area contributed by atoms with Crippen LogP contribution in [0.3, 0.4) is 0 Å². The molecule has 0 aliphatic heterocycles. The van der Waals surface area contributed by atoms with Crippen molar-refractivity contribution in [2.45, 2.75) is 19.1 Å². The molecule has 0 heterocycles. The fraction of sp³-hybridized carbons (Fsp3) is 0.263. The van der Waals surface area contributed by atoms with Crippen LogP contribution in [0.1, 0.15) is 12.0 Å². The number of carbonyl (C=O) groups excluding carboxylic acids is 2. The summed E-state index contributed by atoms with van der Waals surface area (Å²) in [6, 6.07) is 17.7. The van der Waals surface area contributed by atoms with Crippen molar-refractivity contribution in [1.29, 1.82) is 0 Å². The summed E-state index contributed by atoms with van der Waals surface area (Å²) in [6.45, 7) is 0.792. The van der Waals surface area contributed by atoms with Crippen LogP contribution in [0.15, 0.2) is 60.7 Å². The van der Waals surface area contributed by atoms with Crippen LogP contribution in [0.25, 0.3) is 0 Å². The molecule has 1 atom stereocenters. The number of hydrogen-bond acceptors (Lipinski definition) is 5. The van der Waals surface area contributed by atoms with Gasteiger partial charge in [0.05, 0.1) is 19.0 Å². The van der Waals surface area contributed by atoms with Crippen LogP contribution in [0.5, 0.6) is 5.75 Å². The highest BCUT2D eigenvalue weighted by Gasteiger charge is 2.18. The van der Waals surface area contributed by atoms with Crippen molar-refractivity contribution in [3.63, 3.8) is 0 Å². The van der Waals surface area contributed by atoms with Crippen molar-refractivity contribution >= 4 is 11.9 Å². The minimum Gasteiger partial charge on any atom is -0.492 e. The van der Waals surface area contributed by atoms with Crippen LogP contribution < -0.4 is 15.8 Å². The Morgan fingerprint density at radius 1 is 1.00 bits per heavy atom. The Kier molecular flexibility index (Phi) is 7.46. The van der Waals surface area contributed by atoms with Crippen molar-refractivity contribution in [2.24, 2.45) is 5.73 Å². The summed E-state index contributed by atoms with van der Waals surface area (Å²) in [5, 5.41) is 2.64. The SMILES string of the molecule is N[C@@H](CC(=O)OCc1ccccc1)C(=O)NCCOc1ccccc1. The van der Waals surface area contributed by atoms with Gasteiger partial charge in [-0.05, 0) is 17.7 Å². The Morgan fingerprint density at radius 3 is 2.32 bits per heavy atom. The summed E-state index contributed by atoms with van der Waals surface area (Å²) >= 11 is 0. The van der Waals surface area contributed by atoms with E-state index in [1.807, 2.05) is 60.7 Å². The van der Waals surface area contributed by atoms with Crippen LogP contribution >= 0.6 is 0 Å². The lowest BCUT2D eigenvalue weighted by atomic mass is 10.2. The minimum atomic E-state index is -0.944. The fourth-order valence-corrected chi connectivity index (χ4v) is 2.06. The number of amides is 1. The average Bonchev–Trinajstić information content (AvgIpc) is 2.65. The van der Waals surface area contributed by atoms with Crippen molar-refractivity contribution in [1.82, 2.24) is 5.32 Å². The second-order valence-corrected chi connectivity index (χ2v) is 5.41. The van der Waals surface area contributed by atoms with Gasteiger partial charge < -0.3 is 20.5 Å². The highest BCUT2D eigenvalue weighted by molar-refractivity contribution is 5.86. The number of carbonyl (C=O) groups is 2. The fourth-order valence-electron chi connectivity index (χ4n) is 2.06. The molecule has 25 heavy (non-hydrogen) atoms. The Bertz CT molecular complexity index is 662. The Labute approximate surface area is 146 Å². The maximum atomic E-state index is 11.9. The quantitative estimate of drug-likeness (QED) is 0.534. The maximum absolute atomic E-state index is 11.9. The second kappa shape index (κ2) is 10.1. The monoisotopic (exact) mass is 342 g/mol. The predicted molar refractivity (Wildman–Crippen MR) is 93.8 cm³/mol. The summed E-state index contributed by atoms with van der Waals surface area (Å²) in [5.74, 6) is -0.189. The lowest BCUT2D eigenvalue weighted by Gasteiger charge is -2.12. The van der Waals surface area contributed by atoms with Gasteiger partial charge in [-0.15, -0.1) is 0 Å². The Hall–Kier alpha value is -2.86. The van der Waals surface area contributed by atoms with Crippen molar-refractivity contribution < 1.29 is 19.1 Å². The first-order valence-electron chi connectivity index (χ1n) is 8.06. The summed E-state index contributed by atoms with van der Waals surface area (Å²) in [6.07, 6.45) is -0.168. The van der Waals surface area contributed by atoms with Crippen molar-refractivity contribution in [3.05, 3.63) is 66.2 Å². The van der Waals surface area contributed by atoms with E-state index in [0.29, 0.717) is 13.2 Å². The van der Waals surface area contributed by atoms with Gasteiger partial charge in [-0.2, -0.15) is 0 Å². The summed E-state index contributed by atoms with van der Waals surface area (Å²) < 4.78 is 10.6. The molecular weight excluding hydrogens is 320 g/mol. The molecule has 0 unspecified atom stereocenters. The number of nitrogens with one attached hydrogen (secondary N) is 1. The lowest BCUT2D eigenvalue weighted by molar-refractivity contribution is -0.146. The smallest absolute Gasteiger partial charge is 0.308 e. The summed E-state index contributed by atoms with van der Waals surface area (Å²) in [7, 11) is 0. The minimum absolute atomic E-state index is 0.166. The van der Waals surface area contributed by atoms with Crippen LogP contribution in [0, 0.1) is 0 Å². The third-order valence-electron chi connectivity index (χ3n) is 3.38. The first-order chi connectivity index (χ1) is 12.1. The van der Waals surface area contributed by atoms with E-state index in [4.69, 9.17) is 15.2 Å². The first-order valence-corrected chi connectivity index (χ1v) is 8.06. The maximum Gasteiger partial charge on any atom is 0.308 e. The van der Waals surface area contributed by atoms with Crippen LogP contribution in [-0.2, 0) is 20.9 Å². The van der Waals surface area contributed by atoms with E-state index in [1.54, 1.807) is 0 Å². The number of hydrogen-bond donors (Lipinski definition) is 2. The number of benzene rings is 2. The highest BCUT2D eigenvalue weighted by Crippen LogP contribution is 2.07. The molecule has 0 bridgehead atoms. The molecule has 0 aromatic heterocycles. The van der Waals surface area contributed by atoms with E-state index in [-0.39, 0.29) is 13.0 Å². The van der Waals surface area contributed by atoms with Gasteiger partial charge in [-0.25, -0.2) is 0 Å². The topological polar surface area (TPSA) is 90.7 Å². The third-order valence-corrected chi connectivity index (χ3v) is 3.38. The van der Waals surface area contributed by atoms with Gasteiger partial charge >= 0.3 is 5.97 Å². The van der Waals surface area contributed by atoms with E-state index in [2.05, 4.69) is 5.32 Å². The highest BCUT2D eigenvalue weighted by atomic mass is 16.5. The molecule has 0 aliphatic carbocycles. The van der Waals surface area contributed by atoms with Gasteiger partial charge in [0.25, 0.3) is 0 Å². The molecule has 132 valence electrons. The van der Waals surface area contributed by atoms with Gasteiger partial charge in [0.2, 0.25) is 5.91 Å². The molecule has 0 aliphatic rings. The second-order valence-electron chi connectivity index (χ2n) is 5.41. The molecule has 2 aromatic carbocycles. The molecule has 2 aromatic rings. The zero-order valence-corrected chi connectivity index (χ0v) is 13.9. The van der Waals surface area contributed by atoms with Crippen molar-refractivity contribution in [3.8, 4) is 5.75 Å². The van der Waals surface area contributed by atoms with Crippen molar-refractivity contribution in [2.75, 3.05) is 13.2 Å². The first kappa shape index (κ1) is 18.5. The number of para-hydroxylation sites is 1. The molecule has 0 spiro atoms. The molecular formula is C19H22N2O4. The van der Waals surface area contributed by atoms with Gasteiger partial charge in [-0.1, -0.05) is 48.5 Å². The van der Waals surface area contributed by atoms with E-state index in [9.17, 15) is 9.59 Å². The van der Waals surface area contributed by atoms with Crippen LogP contribution in [0.4, 0.5) is 0 Å². The molecule has 0 saturated heterocycles. The number of esters is 1. The molecule has 6 nitrogen and oxygen atoms in total. The predicted octanol–water partition coefficient (Wildman–Crippen LogP) is 1.64. The molecule has 2 rings (SSSR count). The molecule has 0 saturated carbocycles. The van der Waals surface area contributed by atoms with E-state index < -0.39 is 17.9 Å². The Morgan fingerprint density at radius 2 is 1.64 bits per heavy atom. The zero-order valence-electron chi connectivity index (χ0n) is 13.9. The molecule has 6 heteroatoms. The number of ether oxygens (including phenoxy) is 2. The number of rotatable bonds is 9. The zero-order chi connectivity index (χ0) is 17.9. The van der Waals surface area contributed by atoms with Gasteiger partial charge in [0.1, 0.15) is 19.0 Å². The van der Waals surface area contributed by atoms with Crippen LogP contribution in [0.2, 0.25) is 0 Å². The molecule has 0 fully saturated rings. The van der Waals surface area contributed by atoms with Crippen LogP contribution in [-0.4, -0.2) is 31.1 Å². The summed E-state index contributed by atoms with van der Waals surface area (Å²) in [4.78, 5) is 23.6. The normalized spacial score (nSPS) is 11.4. The lowest BCUT2D eigenvalue weighted by Crippen LogP contribution is -2.43. The summed E-state index contributed by atoms with van der Waals surface area (Å²) in [5.41, 5.74) is 6.61. The van der Waals surface area contributed by atoms with E-state index in [0.717, 1.165) is 11.3 Å². The standard InChI is InChI=1S/C19H22N2O4/c20-17(13-18(22)25-14-15-7-3-1-4-8-15)19(23)21-11-12-24-16-9-5-2-6-10-16/h1-10,17H,11-14,20H2,(H,21,23)/t17-/m0/s1. The van der Waals surface area contributed by atoms with Gasteiger partial charge in [-0.3, -0.25) is 9.59 Å². The third kappa shape index (κ3) is 7.05. The molecule has 1 amide bonds. The van der Waals surface area contributed by atoms with Gasteiger partial charge in [0.15, 0.2) is 0 Å². The van der Waals surface area contributed by atoms with Gasteiger partial charge in [0, 0.05) is 0 Å². The van der Waals surface area contributed by atoms with E-state index >= 15 is 0 Å². The largest absolute Gasteiger partial charge is 0.492 e. The molecule has 3 N–H and O–H groups in total. The average molecular weight is 342 g/mol.